The van der Waals surface area contributed by atoms with E-state index in [0.717, 1.165) is 6.42 Å². The van der Waals surface area contributed by atoms with Gasteiger partial charge in [0.2, 0.25) is 5.91 Å². The van der Waals surface area contributed by atoms with Gasteiger partial charge < -0.3 is 25.7 Å². The number of carbonyl (C=O) groups excluding carboxylic acids is 2. The molecule has 0 aliphatic carbocycles. The Labute approximate surface area is 117 Å². The number of nitrogens with two attached hydrogens (primary N) is 1. The Bertz CT molecular complexity index is 486. The van der Waals surface area contributed by atoms with Gasteiger partial charge in [0, 0.05) is 25.0 Å². The van der Waals surface area contributed by atoms with Gasteiger partial charge in [0.25, 0.3) is 5.91 Å². The van der Waals surface area contributed by atoms with Crippen LogP contribution in [0.25, 0.3) is 0 Å². The Balaban J connectivity index is 2.10. The van der Waals surface area contributed by atoms with Crippen molar-refractivity contribution in [3.8, 4) is 0 Å². The maximum Gasteiger partial charge on any atom is 0.271 e. The molecule has 2 rings (SSSR count). The van der Waals surface area contributed by atoms with Crippen LogP contribution in [0, 0.1) is 0 Å². The van der Waals surface area contributed by atoms with Crippen molar-refractivity contribution in [3.05, 3.63) is 18.0 Å². The summed E-state index contributed by atoms with van der Waals surface area (Å²) in [4.78, 5) is 28.8. The highest BCUT2D eigenvalue weighted by molar-refractivity contribution is 5.97. The first-order chi connectivity index (χ1) is 9.63. The number of hydrogen-bond acceptors (Lipinski definition) is 4. The first-order valence-electron chi connectivity index (χ1n) is 6.73. The van der Waals surface area contributed by atoms with Gasteiger partial charge in [0.05, 0.1) is 13.2 Å². The molecule has 0 saturated carbocycles. The molecule has 0 spiro atoms. The van der Waals surface area contributed by atoms with Crippen molar-refractivity contribution >= 4 is 17.5 Å². The fraction of sp³-hybridized carbons (Fsp3) is 0.538. The summed E-state index contributed by atoms with van der Waals surface area (Å²) < 4.78 is 5.32. The van der Waals surface area contributed by atoms with Crippen LogP contribution in [0.4, 0.5) is 5.69 Å². The van der Waals surface area contributed by atoms with Gasteiger partial charge in [-0.3, -0.25) is 9.59 Å². The molecule has 2 heterocycles. The lowest BCUT2D eigenvalue weighted by Crippen LogP contribution is -2.56. The van der Waals surface area contributed by atoms with Gasteiger partial charge in [-0.1, -0.05) is 6.92 Å². The molecule has 0 bridgehead atoms. The highest BCUT2D eigenvalue weighted by Crippen LogP contribution is 2.14. The van der Waals surface area contributed by atoms with Gasteiger partial charge in [-0.15, -0.1) is 0 Å². The molecule has 0 radical (unpaired) electrons. The molecule has 2 amide bonds. The van der Waals surface area contributed by atoms with Crippen LogP contribution in [-0.4, -0.2) is 54.0 Å². The van der Waals surface area contributed by atoms with E-state index in [1.165, 1.54) is 4.90 Å². The number of rotatable bonds is 4. The Kier molecular flexibility index (Phi) is 4.62. The topological polar surface area (TPSA) is 100 Å². The number of H-pyrrole nitrogens is 1. The van der Waals surface area contributed by atoms with Crippen molar-refractivity contribution in [2.24, 2.45) is 0 Å². The molecular weight excluding hydrogens is 260 g/mol. The molecule has 4 N–H and O–H groups in total. The van der Waals surface area contributed by atoms with E-state index in [1.807, 2.05) is 6.92 Å². The van der Waals surface area contributed by atoms with E-state index < -0.39 is 6.04 Å². The molecule has 1 atom stereocenters. The van der Waals surface area contributed by atoms with Gasteiger partial charge in [-0.25, -0.2) is 0 Å². The molecule has 7 heteroatoms. The van der Waals surface area contributed by atoms with E-state index in [2.05, 4.69) is 10.3 Å². The number of morpholine rings is 1. The number of nitrogens with one attached hydrogen (secondary N) is 2. The molecule has 1 aromatic rings. The van der Waals surface area contributed by atoms with Crippen LogP contribution in [0.15, 0.2) is 12.3 Å². The van der Waals surface area contributed by atoms with Gasteiger partial charge in [0.1, 0.15) is 11.7 Å². The van der Waals surface area contributed by atoms with E-state index in [0.29, 0.717) is 31.1 Å². The average molecular weight is 280 g/mol. The first kappa shape index (κ1) is 14.4. The van der Waals surface area contributed by atoms with Gasteiger partial charge in [-0.05, 0) is 12.5 Å². The molecule has 1 aliphatic rings. The maximum absolute atomic E-state index is 12.4. The molecule has 1 aromatic heterocycles. The standard InChI is InChI=1S/C13H20N4O3/c1-2-3-15-12(18)11-8-20-5-4-17(11)13(19)10-6-9(14)7-16-10/h6-7,11,16H,2-5,8,14H2,1H3,(H,15,18). The number of amides is 2. The second kappa shape index (κ2) is 6.42. The summed E-state index contributed by atoms with van der Waals surface area (Å²) in [7, 11) is 0. The number of nitrogen functional groups attached to an aromatic ring is 1. The lowest BCUT2D eigenvalue weighted by atomic mass is 10.2. The lowest BCUT2D eigenvalue weighted by Gasteiger charge is -2.34. The van der Waals surface area contributed by atoms with Gasteiger partial charge in [-0.2, -0.15) is 0 Å². The third-order valence-electron chi connectivity index (χ3n) is 3.18. The van der Waals surface area contributed by atoms with Crippen molar-refractivity contribution in [1.82, 2.24) is 15.2 Å². The lowest BCUT2D eigenvalue weighted by molar-refractivity contribution is -0.130. The quantitative estimate of drug-likeness (QED) is 0.720. The summed E-state index contributed by atoms with van der Waals surface area (Å²) >= 11 is 0. The second-order valence-corrected chi connectivity index (χ2v) is 4.73. The Morgan fingerprint density at radius 1 is 1.60 bits per heavy atom. The number of anilines is 1. The van der Waals surface area contributed by atoms with Crippen LogP contribution in [-0.2, 0) is 9.53 Å². The molecule has 1 unspecified atom stereocenters. The summed E-state index contributed by atoms with van der Waals surface area (Å²) in [6.07, 6.45) is 2.40. The van der Waals surface area contributed by atoms with Crippen molar-refractivity contribution in [1.29, 1.82) is 0 Å². The zero-order chi connectivity index (χ0) is 14.5. The van der Waals surface area contributed by atoms with Crippen molar-refractivity contribution in [3.63, 3.8) is 0 Å². The minimum absolute atomic E-state index is 0.181. The predicted molar refractivity (Wildman–Crippen MR) is 74.1 cm³/mol. The summed E-state index contributed by atoms with van der Waals surface area (Å²) in [5.74, 6) is -0.416. The molecule has 20 heavy (non-hydrogen) atoms. The fourth-order valence-electron chi connectivity index (χ4n) is 2.12. The molecule has 1 fully saturated rings. The normalized spacial score (nSPS) is 18.9. The summed E-state index contributed by atoms with van der Waals surface area (Å²) in [6.45, 7) is 3.61. The van der Waals surface area contributed by atoms with Crippen molar-refractivity contribution < 1.29 is 14.3 Å². The Morgan fingerprint density at radius 2 is 2.40 bits per heavy atom. The summed E-state index contributed by atoms with van der Waals surface area (Å²) in [5.41, 5.74) is 6.48. The Morgan fingerprint density at radius 3 is 3.05 bits per heavy atom. The summed E-state index contributed by atoms with van der Waals surface area (Å²) in [6, 6.07) is 0.978. The zero-order valence-corrected chi connectivity index (χ0v) is 11.5. The third-order valence-corrected chi connectivity index (χ3v) is 3.18. The maximum atomic E-state index is 12.4. The van der Waals surface area contributed by atoms with Crippen molar-refractivity contribution in [2.75, 3.05) is 32.0 Å². The summed E-state index contributed by atoms with van der Waals surface area (Å²) in [5, 5.41) is 2.80. The molecule has 0 aromatic carbocycles. The van der Waals surface area contributed by atoms with Crippen molar-refractivity contribution in [2.45, 2.75) is 19.4 Å². The monoisotopic (exact) mass is 280 g/mol. The molecule has 7 nitrogen and oxygen atoms in total. The van der Waals surface area contributed by atoms with E-state index in [9.17, 15) is 9.59 Å². The zero-order valence-electron chi connectivity index (χ0n) is 11.5. The van der Waals surface area contributed by atoms with Crippen LogP contribution in [0.3, 0.4) is 0 Å². The van der Waals surface area contributed by atoms with E-state index in [1.54, 1.807) is 12.3 Å². The fourth-order valence-corrected chi connectivity index (χ4v) is 2.12. The SMILES string of the molecule is CCCNC(=O)C1COCCN1C(=O)c1cc(N)c[nH]1. The number of nitrogens with zero attached hydrogens (tertiary/aromatic N) is 1. The minimum Gasteiger partial charge on any atom is -0.397 e. The molecular formula is C13H20N4O3. The first-order valence-corrected chi connectivity index (χ1v) is 6.73. The van der Waals surface area contributed by atoms with E-state index in [4.69, 9.17) is 10.5 Å². The highest BCUT2D eigenvalue weighted by atomic mass is 16.5. The van der Waals surface area contributed by atoms with E-state index in [-0.39, 0.29) is 18.4 Å². The van der Waals surface area contributed by atoms with Crippen LogP contribution in [0.5, 0.6) is 0 Å². The Hall–Kier alpha value is -2.02. The number of aromatic amines is 1. The van der Waals surface area contributed by atoms with Crippen LogP contribution in [0.2, 0.25) is 0 Å². The number of aromatic nitrogens is 1. The average Bonchev–Trinajstić information content (AvgIpc) is 2.90. The van der Waals surface area contributed by atoms with Gasteiger partial charge >= 0.3 is 0 Å². The predicted octanol–water partition coefficient (Wildman–Crippen LogP) is -0.0359. The highest BCUT2D eigenvalue weighted by Gasteiger charge is 2.33. The van der Waals surface area contributed by atoms with Crippen LogP contribution < -0.4 is 11.1 Å². The van der Waals surface area contributed by atoms with Crippen LogP contribution in [0.1, 0.15) is 23.8 Å². The van der Waals surface area contributed by atoms with Gasteiger partial charge in [0.15, 0.2) is 0 Å². The molecule has 1 saturated heterocycles. The molecule has 110 valence electrons. The second-order valence-electron chi connectivity index (χ2n) is 4.73. The smallest absolute Gasteiger partial charge is 0.271 e. The van der Waals surface area contributed by atoms with E-state index >= 15 is 0 Å². The number of hydrogen-bond donors (Lipinski definition) is 3. The minimum atomic E-state index is -0.590. The van der Waals surface area contributed by atoms with Crippen LogP contribution >= 0.6 is 0 Å². The molecule has 1 aliphatic heterocycles. The number of ether oxygens (including phenoxy) is 1. The largest absolute Gasteiger partial charge is 0.397 e. The number of carbonyl (C=O) groups is 2. The third kappa shape index (κ3) is 3.11.